The summed E-state index contributed by atoms with van der Waals surface area (Å²) in [5.74, 6) is -0.0166. The molecule has 1 unspecified atom stereocenters. The van der Waals surface area contributed by atoms with E-state index in [0.717, 1.165) is 5.56 Å². The van der Waals surface area contributed by atoms with E-state index in [-0.39, 0.29) is 18.5 Å². The highest BCUT2D eigenvalue weighted by atomic mass is 16.4. The molecule has 0 amide bonds. The van der Waals surface area contributed by atoms with E-state index in [1.807, 2.05) is 13.0 Å². The first-order chi connectivity index (χ1) is 7.67. The van der Waals surface area contributed by atoms with E-state index in [9.17, 15) is 0 Å². The lowest BCUT2D eigenvalue weighted by Gasteiger charge is -2.10. The summed E-state index contributed by atoms with van der Waals surface area (Å²) >= 11 is 0. The van der Waals surface area contributed by atoms with Gasteiger partial charge in [-0.15, -0.1) is 0 Å². The van der Waals surface area contributed by atoms with Crippen molar-refractivity contribution in [3.05, 3.63) is 29.6 Å². The molecule has 0 spiro atoms. The molecule has 5 N–H and O–H groups in total. The maximum absolute atomic E-state index is 8.85. The molecule has 88 valence electrons. The van der Waals surface area contributed by atoms with Gasteiger partial charge in [-0.3, -0.25) is 4.98 Å². The smallest absolute Gasteiger partial charge is 0.188 e. The number of aromatic nitrogens is 1. The quantitative estimate of drug-likeness (QED) is 0.237. The number of nitrogens with two attached hydrogens (primary N) is 1. The van der Waals surface area contributed by atoms with E-state index in [4.69, 9.17) is 16.0 Å². The van der Waals surface area contributed by atoms with E-state index >= 15 is 0 Å². The van der Waals surface area contributed by atoms with Gasteiger partial charge in [-0.05, 0) is 24.6 Å². The molecule has 6 heteroatoms. The SMILES string of the molecule is CC(CO)NCc1ccnc(C(N)=NO)c1. The molecule has 0 fully saturated rings. The number of hydrogen-bond donors (Lipinski definition) is 4. The minimum atomic E-state index is -0.0166. The van der Waals surface area contributed by atoms with Crippen molar-refractivity contribution >= 4 is 5.84 Å². The van der Waals surface area contributed by atoms with Crippen LogP contribution in [0.25, 0.3) is 0 Å². The molecule has 0 saturated heterocycles. The Morgan fingerprint density at radius 2 is 2.44 bits per heavy atom. The van der Waals surface area contributed by atoms with Gasteiger partial charge in [0.15, 0.2) is 5.84 Å². The molecule has 0 aliphatic carbocycles. The summed E-state index contributed by atoms with van der Waals surface area (Å²) < 4.78 is 0. The first-order valence-electron chi connectivity index (χ1n) is 4.94. The van der Waals surface area contributed by atoms with E-state index in [2.05, 4.69) is 15.5 Å². The van der Waals surface area contributed by atoms with Crippen LogP contribution in [0.15, 0.2) is 23.5 Å². The van der Waals surface area contributed by atoms with Crippen LogP contribution in [0.3, 0.4) is 0 Å². The van der Waals surface area contributed by atoms with Crippen molar-refractivity contribution in [1.29, 1.82) is 0 Å². The molecule has 0 aliphatic heterocycles. The number of pyridine rings is 1. The largest absolute Gasteiger partial charge is 0.409 e. The number of oxime groups is 1. The van der Waals surface area contributed by atoms with Gasteiger partial charge in [0.05, 0.1) is 6.61 Å². The number of hydrogen-bond acceptors (Lipinski definition) is 5. The zero-order valence-electron chi connectivity index (χ0n) is 9.09. The van der Waals surface area contributed by atoms with Crippen LogP contribution in [0.2, 0.25) is 0 Å². The lowest BCUT2D eigenvalue weighted by Crippen LogP contribution is -2.28. The Morgan fingerprint density at radius 1 is 1.69 bits per heavy atom. The van der Waals surface area contributed by atoms with Crippen molar-refractivity contribution in [3.8, 4) is 0 Å². The highest BCUT2D eigenvalue weighted by Crippen LogP contribution is 2.01. The fraction of sp³-hybridized carbons (Fsp3) is 0.400. The molecule has 16 heavy (non-hydrogen) atoms. The van der Waals surface area contributed by atoms with Crippen molar-refractivity contribution in [3.63, 3.8) is 0 Å². The van der Waals surface area contributed by atoms with Crippen LogP contribution >= 0.6 is 0 Å². The monoisotopic (exact) mass is 224 g/mol. The fourth-order valence-electron chi connectivity index (χ4n) is 1.13. The summed E-state index contributed by atoms with van der Waals surface area (Å²) in [4.78, 5) is 3.96. The molecule has 0 radical (unpaired) electrons. The second-order valence-electron chi connectivity index (χ2n) is 3.50. The van der Waals surface area contributed by atoms with Gasteiger partial charge in [-0.25, -0.2) is 0 Å². The minimum Gasteiger partial charge on any atom is -0.409 e. The highest BCUT2D eigenvalue weighted by molar-refractivity contribution is 5.95. The van der Waals surface area contributed by atoms with E-state index in [1.54, 1.807) is 12.3 Å². The van der Waals surface area contributed by atoms with E-state index in [0.29, 0.717) is 12.2 Å². The third kappa shape index (κ3) is 3.48. The Hall–Kier alpha value is -1.66. The van der Waals surface area contributed by atoms with E-state index < -0.39 is 0 Å². The first-order valence-corrected chi connectivity index (χ1v) is 4.94. The molecule has 1 atom stereocenters. The second kappa shape index (κ2) is 6.04. The molecule has 0 aliphatic rings. The lowest BCUT2D eigenvalue weighted by atomic mass is 10.2. The van der Waals surface area contributed by atoms with Crippen LogP contribution in [-0.2, 0) is 6.54 Å². The summed E-state index contributed by atoms with van der Waals surface area (Å²) in [5.41, 5.74) is 6.81. The molecule has 0 saturated carbocycles. The standard InChI is InChI=1S/C10H16N4O2/c1-7(6-15)13-5-8-2-3-12-9(4-8)10(11)14-16/h2-4,7,13,15-16H,5-6H2,1H3,(H2,11,14). The maximum atomic E-state index is 8.85. The molecule has 1 aromatic heterocycles. The normalized spacial score (nSPS) is 13.8. The van der Waals surface area contributed by atoms with Crippen LogP contribution < -0.4 is 11.1 Å². The lowest BCUT2D eigenvalue weighted by molar-refractivity contribution is 0.251. The van der Waals surface area contributed by atoms with Crippen LogP contribution in [0.1, 0.15) is 18.2 Å². The van der Waals surface area contributed by atoms with Gasteiger partial charge in [0.25, 0.3) is 0 Å². The molecule has 6 nitrogen and oxygen atoms in total. The van der Waals surface area contributed by atoms with Crippen molar-refractivity contribution in [2.24, 2.45) is 10.9 Å². The zero-order valence-corrected chi connectivity index (χ0v) is 9.09. The molecule has 0 bridgehead atoms. The summed E-state index contributed by atoms with van der Waals surface area (Å²) in [6.07, 6.45) is 1.59. The number of aliphatic hydroxyl groups is 1. The third-order valence-electron chi connectivity index (χ3n) is 2.12. The Balaban J connectivity index is 2.68. The summed E-state index contributed by atoms with van der Waals surface area (Å²) in [6, 6.07) is 3.58. The molecule has 0 aromatic carbocycles. The third-order valence-corrected chi connectivity index (χ3v) is 2.12. The number of aliphatic hydroxyl groups excluding tert-OH is 1. The Kier molecular flexibility index (Phi) is 4.68. The maximum Gasteiger partial charge on any atom is 0.188 e. The fourth-order valence-corrected chi connectivity index (χ4v) is 1.13. The summed E-state index contributed by atoms with van der Waals surface area (Å²) in [7, 11) is 0. The highest BCUT2D eigenvalue weighted by Gasteiger charge is 2.03. The van der Waals surface area contributed by atoms with Gasteiger partial charge in [-0.1, -0.05) is 5.16 Å². The molecular formula is C10H16N4O2. The van der Waals surface area contributed by atoms with Crippen molar-refractivity contribution < 1.29 is 10.3 Å². The molecular weight excluding hydrogens is 208 g/mol. The van der Waals surface area contributed by atoms with Crippen LogP contribution in [0, 0.1) is 0 Å². The average Bonchev–Trinajstić information content (AvgIpc) is 2.35. The Labute approximate surface area is 93.8 Å². The number of rotatable bonds is 5. The number of amidine groups is 1. The molecule has 1 heterocycles. The first kappa shape index (κ1) is 12.4. The Morgan fingerprint density at radius 3 is 3.06 bits per heavy atom. The summed E-state index contributed by atoms with van der Waals surface area (Å²) in [6.45, 7) is 2.56. The van der Waals surface area contributed by atoms with Crippen molar-refractivity contribution in [2.75, 3.05) is 6.61 Å². The van der Waals surface area contributed by atoms with Crippen LogP contribution in [-0.4, -0.2) is 33.8 Å². The van der Waals surface area contributed by atoms with Crippen molar-refractivity contribution in [1.82, 2.24) is 10.3 Å². The van der Waals surface area contributed by atoms with E-state index in [1.165, 1.54) is 0 Å². The second-order valence-corrected chi connectivity index (χ2v) is 3.50. The van der Waals surface area contributed by atoms with Crippen LogP contribution in [0.4, 0.5) is 0 Å². The van der Waals surface area contributed by atoms with Gasteiger partial charge in [-0.2, -0.15) is 0 Å². The Bertz CT molecular complexity index is 368. The molecule has 1 rings (SSSR count). The van der Waals surface area contributed by atoms with Gasteiger partial charge in [0, 0.05) is 18.8 Å². The van der Waals surface area contributed by atoms with Gasteiger partial charge in [0.1, 0.15) is 5.69 Å². The zero-order chi connectivity index (χ0) is 12.0. The topological polar surface area (TPSA) is 104 Å². The number of nitrogens with zero attached hydrogens (tertiary/aromatic N) is 2. The predicted molar refractivity (Wildman–Crippen MR) is 60.1 cm³/mol. The molecule has 1 aromatic rings. The van der Waals surface area contributed by atoms with Gasteiger partial charge < -0.3 is 21.4 Å². The number of nitrogens with one attached hydrogen (secondary N) is 1. The van der Waals surface area contributed by atoms with Crippen LogP contribution in [0.5, 0.6) is 0 Å². The van der Waals surface area contributed by atoms with Crippen molar-refractivity contribution in [2.45, 2.75) is 19.5 Å². The minimum absolute atomic E-state index is 0.0166. The summed E-state index contributed by atoms with van der Waals surface area (Å²) in [5, 5.41) is 23.4. The average molecular weight is 224 g/mol. The van der Waals surface area contributed by atoms with Gasteiger partial charge >= 0.3 is 0 Å². The van der Waals surface area contributed by atoms with Gasteiger partial charge in [0.2, 0.25) is 0 Å². The predicted octanol–water partition coefficient (Wildman–Crippen LogP) is -0.353.